The Morgan fingerprint density at radius 1 is 1.35 bits per heavy atom. The zero-order chi connectivity index (χ0) is 16.1. The third-order valence-electron chi connectivity index (χ3n) is 3.95. The van der Waals surface area contributed by atoms with Crippen LogP contribution in [0.25, 0.3) is 0 Å². The van der Waals surface area contributed by atoms with Crippen LogP contribution in [0.15, 0.2) is 30.6 Å². The highest BCUT2D eigenvalue weighted by molar-refractivity contribution is 5.31. The first kappa shape index (κ1) is 15.8. The maximum Gasteiger partial charge on any atom is 0.138 e. The summed E-state index contributed by atoms with van der Waals surface area (Å²) in [6.45, 7) is 1.53. The molecule has 0 fully saturated rings. The Kier molecular flexibility index (Phi) is 5.09. The zero-order valence-corrected chi connectivity index (χ0v) is 13.2. The summed E-state index contributed by atoms with van der Waals surface area (Å²) in [7, 11) is 1.62. The summed E-state index contributed by atoms with van der Waals surface area (Å²) in [6, 6.07) is 7.62. The Balaban J connectivity index is 1.39. The van der Waals surface area contributed by atoms with Gasteiger partial charge in [0.2, 0.25) is 0 Å². The minimum Gasteiger partial charge on any atom is -0.497 e. The van der Waals surface area contributed by atoms with Gasteiger partial charge in [0.25, 0.3) is 0 Å². The molecule has 1 aromatic carbocycles. The summed E-state index contributed by atoms with van der Waals surface area (Å²) in [4.78, 5) is 4.21. The third kappa shape index (κ3) is 4.20. The van der Waals surface area contributed by atoms with Crippen LogP contribution in [-0.4, -0.2) is 52.3 Å². The Bertz CT molecular complexity index is 614. The highest BCUT2D eigenvalue weighted by Gasteiger charge is 2.20. The van der Waals surface area contributed by atoms with Crippen molar-refractivity contribution < 1.29 is 14.6 Å². The lowest BCUT2D eigenvalue weighted by molar-refractivity contribution is 0.101. The summed E-state index contributed by atoms with van der Waals surface area (Å²) in [5, 5.41) is 17.6. The number of aromatic nitrogens is 3. The molecule has 0 radical (unpaired) electrons. The van der Waals surface area contributed by atoms with Crippen LogP contribution in [-0.2, 0) is 13.0 Å². The SMILES string of the molecule is COc1ccc(OC[C@H](O)CN[C@@H]2CCc3ncnn3C2)cc1. The second-order valence-electron chi connectivity index (χ2n) is 5.64. The van der Waals surface area contributed by atoms with E-state index in [0.717, 1.165) is 36.7 Å². The molecule has 1 aromatic heterocycles. The normalized spacial score (nSPS) is 18.3. The molecule has 0 bridgehead atoms. The Hall–Kier alpha value is -2.12. The largest absolute Gasteiger partial charge is 0.497 e. The number of aryl methyl sites for hydroxylation is 1. The molecule has 0 aliphatic carbocycles. The van der Waals surface area contributed by atoms with Crippen molar-refractivity contribution in [2.75, 3.05) is 20.3 Å². The molecule has 2 heterocycles. The van der Waals surface area contributed by atoms with Gasteiger partial charge in [-0.25, -0.2) is 9.67 Å². The second-order valence-corrected chi connectivity index (χ2v) is 5.64. The van der Waals surface area contributed by atoms with Gasteiger partial charge in [0.1, 0.15) is 36.4 Å². The maximum absolute atomic E-state index is 10.1. The van der Waals surface area contributed by atoms with Crippen LogP contribution < -0.4 is 14.8 Å². The van der Waals surface area contributed by atoms with Gasteiger partial charge < -0.3 is 19.9 Å². The van der Waals surface area contributed by atoms with Crippen molar-refractivity contribution in [2.24, 2.45) is 0 Å². The number of hydrogen-bond donors (Lipinski definition) is 2. The molecule has 124 valence electrons. The highest BCUT2D eigenvalue weighted by atomic mass is 16.5. The molecule has 0 amide bonds. The van der Waals surface area contributed by atoms with Gasteiger partial charge in [-0.3, -0.25) is 0 Å². The Morgan fingerprint density at radius 2 is 2.13 bits per heavy atom. The van der Waals surface area contributed by atoms with E-state index in [1.165, 1.54) is 0 Å². The number of fused-ring (bicyclic) bond motifs is 1. The number of aliphatic hydroxyl groups excluding tert-OH is 1. The minimum absolute atomic E-state index is 0.251. The molecule has 7 heteroatoms. The lowest BCUT2D eigenvalue weighted by Crippen LogP contribution is -2.42. The topological polar surface area (TPSA) is 81.4 Å². The summed E-state index contributed by atoms with van der Waals surface area (Å²) in [5.41, 5.74) is 0. The van der Waals surface area contributed by atoms with E-state index >= 15 is 0 Å². The van der Waals surface area contributed by atoms with Crippen molar-refractivity contribution in [2.45, 2.75) is 31.5 Å². The average molecular weight is 318 g/mol. The monoisotopic (exact) mass is 318 g/mol. The van der Waals surface area contributed by atoms with E-state index in [-0.39, 0.29) is 6.61 Å². The molecular formula is C16H22N4O3. The minimum atomic E-state index is -0.561. The van der Waals surface area contributed by atoms with E-state index in [2.05, 4.69) is 15.4 Å². The van der Waals surface area contributed by atoms with E-state index in [0.29, 0.717) is 12.6 Å². The van der Waals surface area contributed by atoms with Crippen molar-refractivity contribution in [3.63, 3.8) is 0 Å². The first-order chi connectivity index (χ1) is 11.2. The van der Waals surface area contributed by atoms with Crippen molar-refractivity contribution in [3.8, 4) is 11.5 Å². The third-order valence-corrected chi connectivity index (χ3v) is 3.95. The molecular weight excluding hydrogens is 296 g/mol. The zero-order valence-electron chi connectivity index (χ0n) is 13.2. The van der Waals surface area contributed by atoms with Crippen molar-refractivity contribution in [1.29, 1.82) is 0 Å². The molecule has 2 atom stereocenters. The molecule has 3 rings (SSSR count). The standard InChI is InChI=1S/C16H22N4O3/c1-22-14-3-5-15(6-4-14)23-10-13(21)8-17-12-2-7-16-18-11-19-20(16)9-12/h3-6,11-13,17,21H,2,7-10H2,1H3/t12-,13-/m1/s1. The van der Waals surface area contributed by atoms with Crippen molar-refractivity contribution in [3.05, 3.63) is 36.4 Å². The van der Waals surface area contributed by atoms with Crippen LogP contribution >= 0.6 is 0 Å². The van der Waals surface area contributed by atoms with E-state index in [4.69, 9.17) is 9.47 Å². The Labute approximate surface area is 135 Å². The predicted octanol–water partition coefficient (Wildman–Crippen LogP) is 0.631. The van der Waals surface area contributed by atoms with E-state index in [1.54, 1.807) is 13.4 Å². The summed E-state index contributed by atoms with van der Waals surface area (Å²) in [5.74, 6) is 2.53. The molecule has 23 heavy (non-hydrogen) atoms. The van der Waals surface area contributed by atoms with Crippen LogP contribution in [0.2, 0.25) is 0 Å². The smallest absolute Gasteiger partial charge is 0.138 e. The summed E-state index contributed by atoms with van der Waals surface area (Å²) in [6.07, 6.45) is 2.95. The second kappa shape index (κ2) is 7.43. The number of hydrogen-bond acceptors (Lipinski definition) is 6. The fourth-order valence-corrected chi connectivity index (χ4v) is 2.63. The number of rotatable bonds is 7. The van der Waals surface area contributed by atoms with Gasteiger partial charge in [0, 0.05) is 19.0 Å². The average Bonchev–Trinajstić information content (AvgIpc) is 3.06. The van der Waals surface area contributed by atoms with Gasteiger partial charge in [-0.15, -0.1) is 0 Å². The molecule has 7 nitrogen and oxygen atoms in total. The van der Waals surface area contributed by atoms with E-state index in [1.807, 2.05) is 28.9 Å². The lowest BCUT2D eigenvalue weighted by Gasteiger charge is -2.24. The molecule has 0 unspecified atom stereocenters. The molecule has 0 saturated heterocycles. The number of nitrogens with zero attached hydrogens (tertiary/aromatic N) is 3. The number of aliphatic hydroxyl groups is 1. The van der Waals surface area contributed by atoms with Gasteiger partial charge in [0.05, 0.1) is 13.7 Å². The fourth-order valence-electron chi connectivity index (χ4n) is 2.63. The van der Waals surface area contributed by atoms with Crippen molar-refractivity contribution in [1.82, 2.24) is 20.1 Å². The van der Waals surface area contributed by atoms with Crippen LogP contribution in [0.5, 0.6) is 11.5 Å². The van der Waals surface area contributed by atoms with Gasteiger partial charge in [0.15, 0.2) is 0 Å². The molecule has 0 saturated carbocycles. The maximum atomic E-state index is 10.1. The number of methoxy groups -OCH3 is 1. The van der Waals surface area contributed by atoms with Crippen LogP contribution in [0.1, 0.15) is 12.2 Å². The van der Waals surface area contributed by atoms with E-state index in [9.17, 15) is 5.11 Å². The number of ether oxygens (including phenoxy) is 2. The first-order valence-corrected chi connectivity index (χ1v) is 7.79. The lowest BCUT2D eigenvalue weighted by atomic mass is 10.1. The molecule has 1 aliphatic heterocycles. The fraction of sp³-hybridized carbons (Fsp3) is 0.500. The van der Waals surface area contributed by atoms with Crippen molar-refractivity contribution >= 4 is 0 Å². The molecule has 1 aliphatic rings. The molecule has 2 N–H and O–H groups in total. The van der Waals surface area contributed by atoms with Gasteiger partial charge >= 0.3 is 0 Å². The van der Waals surface area contributed by atoms with Gasteiger partial charge in [-0.05, 0) is 30.7 Å². The van der Waals surface area contributed by atoms with Crippen LogP contribution in [0.4, 0.5) is 0 Å². The highest BCUT2D eigenvalue weighted by Crippen LogP contribution is 2.17. The molecule has 2 aromatic rings. The number of nitrogens with one attached hydrogen (secondary N) is 1. The number of benzene rings is 1. The van der Waals surface area contributed by atoms with Crippen LogP contribution in [0.3, 0.4) is 0 Å². The summed E-state index contributed by atoms with van der Waals surface area (Å²) >= 11 is 0. The Morgan fingerprint density at radius 3 is 2.91 bits per heavy atom. The summed E-state index contributed by atoms with van der Waals surface area (Å²) < 4.78 is 12.6. The molecule has 0 spiro atoms. The first-order valence-electron chi connectivity index (χ1n) is 7.79. The van der Waals surface area contributed by atoms with Gasteiger partial charge in [-0.1, -0.05) is 0 Å². The van der Waals surface area contributed by atoms with E-state index < -0.39 is 6.10 Å². The quantitative estimate of drug-likeness (QED) is 0.779. The van der Waals surface area contributed by atoms with Crippen LogP contribution in [0, 0.1) is 0 Å². The van der Waals surface area contributed by atoms with Gasteiger partial charge in [-0.2, -0.15) is 5.10 Å². The predicted molar refractivity (Wildman–Crippen MR) is 84.6 cm³/mol.